The zero-order valence-electron chi connectivity index (χ0n) is 16.5. The number of rotatable bonds is 8. The third kappa shape index (κ3) is 6.47. The van der Waals surface area contributed by atoms with E-state index < -0.39 is 6.10 Å². The van der Waals surface area contributed by atoms with Crippen molar-refractivity contribution >= 4 is 11.9 Å². The first-order valence-corrected chi connectivity index (χ1v) is 9.84. The molecule has 0 saturated heterocycles. The fourth-order valence-corrected chi connectivity index (χ4v) is 3.51. The standard InChI is InChI=1S/C22H32O4/c1-15(2)25-21(23)13-16(3)26-22(24)17(4)20-11-9-19(10-12-20)14-18-7-5-6-8-18/h9-12,15-18H,5-8,13-14H2,1-4H3. The summed E-state index contributed by atoms with van der Waals surface area (Å²) in [5.41, 5.74) is 2.29. The summed E-state index contributed by atoms with van der Waals surface area (Å²) in [5.74, 6) is -0.184. The Labute approximate surface area is 157 Å². The topological polar surface area (TPSA) is 52.6 Å². The normalized spacial score (nSPS) is 17.1. The van der Waals surface area contributed by atoms with Crippen molar-refractivity contribution < 1.29 is 19.1 Å². The summed E-state index contributed by atoms with van der Waals surface area (Å²) in [4.78, 5) is 24.0. The van der Waals surface area contributed by atoms with Gasteiger partial charge in [0.05, 0.1) is 18.4 Å². The van der Waals surface area contributed by atoms with Crippen LogP contribution in [0.5, 0.6) is 0 Å². The van der Waals surface area contributed by atoms with E-state index in [9.17, 15) is 9.59 Å². The van der Waals surface area contributed by atoms with Gasteiger partial charge in [-0.15, -0.1) is 0 Å². The van der Waals surface area contributed by atoms with E-state index in [1.807, 2.05) is 19.1 Å². The molecular formula is C22H32O4. The number of esters is 2. The van der Waals surface area contributed by atoms with Gasteiger partial charge in [0.25, 0.3) is 0 Å². The van der Waals surface area contributed by atoms with Gasteiger partial charge in [0.15, 0.2) is 0 Å². The Kier molecular flexibility index (Phi) is 7.67. The van der Waals surface area contributed by atoms with Gasteiger partial charge < -0.3 is 9.47 Å². The number of carbonyl (C=O) groups is 2. The molecule has 26 heavy (non-hydrogen) atoms. The molecule has 1 aromatic carbocycles. The van der Waals surface area contributed by atoms with Gasteiger partial charge in [-0.25, -0.2) is 0 Å². The van der Waals surface area contributed by atoms with Crippen molar-refractivity contribution in [2.24, 2.45) is 5.92 Å². The Hall–Kier alpha value is -1.84. The van der Waals surface area contributed by atoms with E-state index in [4.69, 9.17) is 9.47 Å². The second-order valence-corrected chi connectivity index (χ2v) is 7.81. The first-order valence-electron chi connectivity index (χ1n) is 9.84. The van der Waals surface area contributed by atoms with Gasteiger partial charge in [-0.05, 0) is 51.2 Å². The fourth-order valence-electron chi connectivity index (χ4n) is 3.51. The molecule has 1 aromatic rings. The summed E-state index contributed by atoms with van der Waals surface area (Å²) < 4.78 is 10.5. The van der Waals surface area contributed by atoms with Crippen molar-refractivity contribution in [3.8, 4) is 0 Å². The van der Waals surface area contributed by atoms with Crippen LogP contribution >= 0.6 is 0 Å². The molecule has 0 aromatic heterocycles. The molecular weight excluding hydrogens is 328 g/mol. The lowest BCUT2D eigenvalue weighted by atomic mass is 9.95. The van der Waals surface area contributed by atoms with Crippen LogP contribution in [-0.2, 0) is 25.5 Å². The van der Waals surface area contributed by atoms with Gasteiger partial charge in [0, 0.05) is 0 Å². The van der Waals surface area contributed by atoms with Crippen LogP contribution in [0.2, 0.25) is 0 Å². The zero-order chi connectivity index (χ0) is 19.1. The van der Waals surface area contributed by atoms with E-state index in [1.165, 1.54) is 31.2 Å². The smallest absolute Gasteiger partial charge is 0.313 e. The van der Waals surface area contributed by atoms with Gasteiger partial charge in [0.1, 0.15) is 6.10 Å². The molecule has 1 aliphatic carbocycles. The lowest BCUT2D eigenvalue weighted by Gasteiger charge is -2.18. The molecule has 4 heteroatoms. The molecule has 4 nitrogen and oxygen atoms in total. The SMILES string of the molecule is CC(C)OC(=O)CC(C)OC(=O)C(C)c1ccc(CC2CCCC2)cc1. The first-order chi connectivity index (χ1) is 12.3. The Morgan fingerprint density at radius 3 is 2.19 bits per heavy atom. The van der Waals surface area contributed by atoms with E-state index in [1.54, 1.807) is 20.8 Å². The van der Waals surface area contributed by atoms with E-state index in [0.29, 0.717) is 0 Å². The van der Waals surface area contributed by atoms with Crippen LogP contribution in [0.15, 0.2) is 24.3 Å². The summed E-state index contributed by atoms with van der Waals surface area (Å²) in [6.45, 7) is 7.16. The minimum Gasteiger partial charge on any atom is -0.463 e. The van der Waals surface area contributed by atoms with Gasteiger partial charge in [-0.1, -0.05) is 49.9 Å². The van der Waals surface area contributed by atoms with E-state index >= 15 is 0 Å². The van der Waals surface area contributed by atoms with E-state index in [0.717, 1.165) is 17.9 Å². The molecule has 1 fully saturated rings. The Balaban J connectivity index is 1.83. The summed E-state index contributed by atoms with van der Waals surface area (Å²) >= 11 is 0. The number of hydrogen-bond donors (Lipinski definition) is 0. The van der Waals surface area contributed by atoms with Crippen molar-refractivity contribution in [3.05, 3.63) is 35.4 Å². The molecule has 0 N–H and O–H groups in total. The molecule has 144 valence electrons. The molecule has 0 radical (unpaired) electrons. The predicted molar refractivity (Wildman–Crippen MR) is 102 cm³/mol. The lowest BCUT2D eigenvalue weighted by molar-refractivity contribution is -0.156. The zero-order valence-corrected chi connectivity index (χ0v) is 16.5. The second kappa shape index (κ2) is 9.75. The average molecular weight is 360 g/mol. The molecule has 0 spiro atoms. The third-order valence-corrected chi connectivity index (χ3v) is 4.97. The van der Waals surface area contributed by atoms with Crippen LogP contribution in [0.3, 0.4) is 0 Å². The summed E-state index contributed by atoms with van der Waals surface area (Å²) in [7, 11) is 0. The highest BCUT2D eigenvalue weighted by Crippen LogP contribution is 2.28. The molecule has 0 heterocycles. The average Bonchev–Trinajstić information content (AvgIpc) is 3.06. The Morgan fingerprint density at radius 1 is 1.00 bits per heavy atom. The Bertz CT molecular complexity index is 585. The van der Waals surface area contributed by atoms with E-state index in [2.05, 4.69) is 12.1 Å². The Morgan fingerprint density at radius 2 is 1.62 bits per heavy atom. The molecule has 1 aliphatic rings. The number of carbonyl (C=O) groups excluding carboxylic acids is 2. The monoisotopic (exact) mass is 360 g/mol. The maximum atomic E-state index is 12.3. The van der Waals surface area contributed by atoms with Crippen LogP contribution < -0.4 is 0 Å². The number of hydrogen-bond acceptors (Lipinski definition) is 4. The van der Waals surface area contributed by atoms with Gasteiger partial charge in [-0.2, -0.15) is 0 Å². The highest BCUT2D eigenvalue weighted by atomic mass is 16.6. The maximum absolute atomic E-state index is 12.3. The minimum absolute atomic E-state index is 0.0803. The van der Waals surface area contributed by atoms with Crippen LogP contribution in [0.25, 0.3) is 0 Å². The highest BCUT2D eigenvalue weighted by molar-refractivity contribution is 5.78. The fraction of sp³-hybridized carbons (Fsp3) is 0.636. The van der Waals surface area contributed by atoms with Crippen molar-refractivity contribution in [1.82, 2.24) is 0 Å². The summed E-state index contributed by atoms with van der Waals surface area (Å²) in [5, 5.41) is 0. The molecule has 0 aliphatic heterocycles. The van der Waals surface area contributed by atoms with Crippen LogP contribution in [0.4, 0.5) is 0 Å². The van der Waals surface area contributed by atoms with Crippen LogP contribution in [0.1, 0.15) is 76.8 Å². The predicted octanol–water partition coefficient (Wildman–Crippen LogP) is 4.80. The maximum Gasteiger partial charge on any atom is 0.313 e. The molecule has 2 unspecified atom stereocenters. The van der Waals surface area contributed by atoms with E-state index in [-0.39, 0.29) is 30.4 Å². The first kappa shape index (κ1) is 20.5. The molecule has 0 bridgehead atoms. The number of benzene rings is 1. The largest absolute Gasteiger partial charge is 0.463 e. The van der Waals surface area contributed by atoms with Crippen LogP contribution in [-0.4, -0.2) is 24.1 Å². The van der Waals surface area contributed by atoms with Crippen LogP contribution in [0, 0.1) is 5.92 Å². The third-order valence-electron chi connectivity index (χ3n) is 4.97. The van der Waals surface area contributed by atoms with Crippen molar-refractivity contribution in [2.45, 2.75) is 84.3 Å². The van der Waals surface area contributed by atoms with Crippen molar-refractivity contribution in [1.29, 1.82) is 0 Å². The molecule has 2 rings (SSSR count). The summed E-state index contributed by atoms with van der Waals surface area (Å²) in [6, 6.07) is 8.30. The molecule has 2 atom stereocenters. The molecule has 1 saturated carbocycles. The minimum atomic E-state index is -0.488. The van der Waals surface area contributed by atoms with Gasteiger partial charge >= 0.3 is 11.9 Å². The molecule has 0 amide bonds. The lowest BCUT2D eigenvalue weighted by Crippen LogP contribution is -2.24. The van der Waals surface area contributed by atoms with Gasteiger partial charge in [0.2, 0.25) is 0 Å². The highest BCUT2D eigenvalue weighted by Gasteiger charge is 2.22. The quantitative estimate of drug-likeness (QED) is 0.625. The van der Waals surface area contributed by atoms with Crippen molar-refractivity contribution in [3.63, 3.8) is 0 Å². The number of ether oxygens (including phenoxy) is 2. The summed E-state index contributed by atoms with van der Waals surface area (Å²) in [6.07, 6.45) is 5.95. The van der Waals surface area contributed by atoms with Crippen molar-refractivity contribution in [2.75, 3.05) is 0 Å². The van der Waals surface area contributed by atoms with Gasteiger partial charge in [-0.3, -0.25) is 9.59 Å². The second-order valence-electron chi connectivity index (χ2n) is 7.81.